The number of fused-ring (bicyclic) bond motifs is 4. The minimum atomic E-state index is -0.196. The second-order valence-electron chi connectivity index (χ2n) is 8.09. The van der Waals surface area contributed by atoms with Gasteiger partial charge in [0, 0.05) is 6.61 Å². The monoisotopic (exact) mass is 238 g/mol. The van der Waals surface area contributed by atoms with Crippen LogP contribution in [0.25, 0.3) is 0 Å². The van der Waals surface area contributed by atoms with Crippen molar-refractivity contribution in [2.75, 3.05) is 6.61 Å². The van der Waals surface area contributed by atoms with Gasteiger partial charge in [0.1, 0.15) is 0 Å². The second-order valence-corrected chi connectivity index (χ2v) is 8.09. The molecule has 0 unspecified atom stereocenters. The summed E-state index contributed by atoms with van der Waals surface area (Å²) in [5, 5.41) is 20.3. The van der Waals surface area contributed by atoms with Gasteiger partial charge in [0.15, 0.2) is 0 Å². The predicted octanol–water partition coefficient (Wildman–Crippen LogP) is 2.58. The molecule has 0 heterocycles. The van der Waals surface area contributed by atoms with Crippen LogP contribution < -0.4 is 0 Å². The summed E-state index contributed by atoms with van der Waals surface area (Å²) in [6, 6.07) is 0. The Morgan fingerprint density at radius 1 is 1.12 bits per heavy atom. The molecule has 0 aromatic carbocycles. The Balaban J connectivity index is 1.96. The third-order valence-electron chi connectivity index (χ3n) is 6.37. The van der Waals surface area contributed by atoms with Crippen LogP contribution in [0.1, 0.15) is 52.9 Å². The van der Waals surface area contributed by atoms with Crippen molar-refractivity contribution in [3.05, 3.63) is 0 Å². The highest BCUT2D eigenvalue weighted by molar-refractivity contribution is 5.13. The maximum atomic E-state index is 10.5. The lowest BCUT2D eigenvalue weighted by Crippen LogP contribution is -2.54. The van der Waals surface area contributed by atoms with Gasteiger partial charge in [-0.15, -0.1) is 0 Å². The van der Waals surface area contributed by atoms with Gasteiger partial charge >= 0.3 is 0 Å². The fourth-order valence-corrected chi connectivity index (χ4v) is 5.53. The van der Waals surface area contributed by atoms with Crippen molar-refractivity contribution >= 4 is 0 Å². The van der Waals surface area contributed by atoms with E-state index in [2.05, 4.69) is 20.8 Å². The largest absolute Gasteiger partial charge is 0.396 e. The summed E-state index contributed by atoms with van der Waals surface area (Å²) in [5.41, 5.74) is 0.705. The molecule has 0 aromatic rings. The molecule has 2 nitrogen and oxygen atoms in total. The van der Waals surface area contributed by atoms with Crippen LogP contribution >= 0.6 is 0 Å². The van der Waals surface area contributed by atoms with Gasteiger partial charge < -0.3 is 10.2 Å². The van der Waals surface area contributed by atoms with Crippen molar-refractivity contribution in [2.45, 2.75) is 59.0 Å². The highest BCUT2D eigenvalue weighted by Gasteiger charge is 2.63. The minimum Gasteiger partial charge on any atom is -0.396 e. The second kappa shape index (κ2) is 3.27. The molecule has 5 atom stereocenters. The van der Waals surface area contributed by atoms with E-state index in [1.165, 1.54) is 12.8 Å². The van der Waals surface area contributed by atoms with Crippen LogP contribution in [0.3, 0.4) is 0 Å². The predicted molar refractivity (Wildman–Crippen MR) is 67.5 cm³/mol. The Morgan fingerprint density at radius 3 is 2.41 bits per heavy atom. The van der Waals surface area contributed by atoms with Crippen LogP contribution in [-0.2, 0) is 0 Å². The van der Waals surface area contributed by atoms with E-state index in [1.807, 2.05) is 0 Å². The molecule has 0 saturated heterocycles. The maximum Gasteiger partial charge on any atom is 0.0582 e. The third-order valence-corrected chi connectivity index (χ3v) is 6.37. The van der Waals surface area contributed by atoms with Crippen molar-refractivity contribution in [3.8, 4) is 0 Å². The molecule has 3 fully saturated rings. The highest BCUT2D eigenvalue weighted by atomic mass is 16.3. The molecule has 3 aliphatic rings. The first-order valence-electron chi connectivity index (χ1n) is 7.11. The number of hydrogen-bond donors (Lipinski definition) is 2. The summed E-state index contributed by atoms with van der Waals surface area (Å²) >= 11 is 0. The molecule has 0 spiro atoms. The summed E-state index contributed by atoms with van der Waals surface area (Å²) in [5.74, 6) is 1.14. The number of aliphatic hydroxyl groups is 2. The van der Waals surface area contributed by atoms with E-state index in [9.17, 15) is 10.2 Å². The summed E-state index contributed by atoms with van der Waals surface area (Å²) < 4.78 is 0. The molecule has 17 heavy (non-hydrogen) atoms. The SMILES string of the molecule is CC1(C)C[C@H]2[C@H]1[C@@H](O)C[C@]1(CO)CC[C@@]2(C)C1. The van der Waals surface area contributed by atoms with Gasteiger partial charge in [-0.05, 0) is 60.2 Å². The zero-order chi connectivity index (χ0) is 12.5. The molecular weight excluding hydrogens is 212 g/mol. The van der Waals surface area contributed by atoms with Crippen molar-refractivity contribution in [1.29, 1.82) is 0 Å². The fourth-order valence-electron chi connectivity index (χ4n) is 5.53. The number of aliphatic hydroxyl groups excluding tert-OH is 2. The van der Waals surface area contributed by atoms with Crippen LogP contribution in [0.2, 0.25) is 0 Å². The topological polar surface area (TPSA) is 40.5 Å². The molecule has 2 heteroatoms. The van der Waals surface area contributed by atoms with Crippen LogP contribution in [0.5, 0.6) is 0 Å². The molecule has 0 aromatic heterocycles. The van der Waals surface area contributed by atoms with Gasteiger partial charge in [0.2, 0.25) is 0 Å². The van der Waals surface area contributed by atoms with Crippen LogP contribution in [-0.4, -0.2) is 22.9 Å². The van der Waals surface area contributed by atoms with Crippen LogP contribution in [0, 0.1) is 28.1 Å². The standard InChI is InChI=1S/C15H26O2/c1-13(2)6-10-12(13)11(17)7-15(9-16)5-4-14(10,3)8-15/h10-12,16-17H,4-9H2,1-3H3/t10-,11-,12-,14-,15+/m0/s1. The average molecular weight is 238 g/mol. The lowest BCUT2D eigenvalue weighted by Gasteiger charge is -2.58. The summed E-state index contributed by atoms with van der Waals surface area (Å²) in [7, 11) is 0. The lowest BCUT2D eigenvalue weighted by atomic mass is 9.47. The Bertz CT molecular complexity index is 338. The van der Waals surface area contributed by atoms with Crippen molar-refractivity contribution in [2.24, 2.45) is 28.1 Å². The lowest BCUT2D eigenvalue weighted by molar-refractivity contribution is -0.138. The molecular formula is C15H26O2. The molecule has 3 aliphatic carbocycles. The Hall–Kier alpha value is -0.0800. The molecule has 0 aliphatic heterocycles. The molecule has 0 amide bonds. The fraction of sp³-hybridized carbons (Fsp3) is 1.00. The van der Waals surface area contributed by atoms with Crippen LogP contribution in [0.4, 0.5) is 0 Å². The van der Waals surface area contributed by atoms with Gasteiger partial charge in [0.05, 0.1) is 6.10 Å². The number of rotatable bonds is 1. The normalized spacial score (nSPS) is 55.9. The zero-order valence-corrected chi connectivity index (χ0v) is 11.4. The highest BCUT2D eigenvalue weighted by Crippen LogP contribution is 2.69. The first-order valence-corrected chi connectivity index (χ1v) is 7.11. The van der Waals surface area contributed by atoms with E-state index in [-0.39, 0.29) is 18.1 Å². The van der Waals surface area contributed by atoms with E-state index in [1.54, 1.807) is 0 Å². The van der Waals surface area contributed by atoms with E-state index in [4.69, 9.17) is 0 Å². The Morgan fingerprint density at radius 2 is 1.82 bits per heavy atom. The first-order chi connectivity index (χ1) is 7.82. The first kappa shape index (κ1) is 12.0. The molecule has 3 saturated carbocycles. The van der Waals surface area contributed by atoms with E-state index < -0.39 is 0 Å². The minimum absolute atomic E-state index is 0.0294. The van der Waals surface area contributed by atoms with Gasteiger partial charge in [-0.3, -0.25) is 0 Å². The Labute approximate surface area is 104 Å². The summed E-state index contributed by atoms with van der Waals surface area (Å²) in [4.78, 5) is 0. The van der Waals surface area contributed by atoms with Gasteiger partial charge in [0.25, 0.3) is 0 Å². The smallest absolute Gasteiger partial charge is 0.0582 e. The van der Waals surface area contributed by atoms with E-state index in [0.717, 1.165) is 19.3 Å². The van der Waals surface area contributed by atoms with Gasteiger partial charge in [-0.2, -0.15) is 0 Å². The van der Waals surface area contributed by atoms with Crippen molar-refractivity contribution in [3.63, 3.8) is 0 Å². The molecule has 98 valence electrons. The third kappa shape index (κ3) is 1.46. The van der Waals surface area contributed by atoms with Crippen LogP contribution in [0.15, 0.2) is 0 Å². The molecule has 2 bridgehead atoms. The van der Waals surface area contributed by atoms with E-state index >= 15 is 0 Å². The zero-order valence-electron chi connectivity index (χ0n) is 11.4. The van der Waals surface area contributed by atoms with Gasteiger partial charge in [-0.25, -0.2) is 0 Å². The molecule has 0 radical (unpaired) electrons. The van der Waals surface area contributed by atoms with Crippen molar-refractivity contribution in [1.82, 2.24) is 0 Å². The summed E-state index contributed by atoms with van der Waals surface area (Å²) in [6.45, 7) is 7.26. The average Bonchev–Trinajstić information content (AvgIpc) is 2.50. The van der Waals surface area contributed by atoms with E-state index in [0.29, 0.717) is 22.7 Å². The Kier molecular flexibility index (Phi) is 2.30. The quantitative estimate of drug-likeness (QED) is 0.737. The van der Waals surface area contributed by atoms with Crippen molar-refractivity contribution < 1.29 is 10.2 Å². The molecule has 2 N–H and O–H groups in total. The van der Waals surface area contributed by atoms with Gasteiger partial charge in [-0.1, -0.05) is 20.8 Å². The number of hydrogen-bond acceptors (Lipinski definition) is 2. The molecule has 3 rings (SSSR count). The maximum absolute atomic E-state index is 10.5. The summed E-state index contributed by atoms with van der Waals surface area (Å²) in [6.07, 6.45) is 5.37.